The van der Waals surface area contributed by atoms with Crippen molar-refractivity contribution in [2.24, 2.45) is 0 Å². The largest absolute Gasteiger partial charge is 0.476 e. The summed E-state index contributed by atoms with van der Waals surface area (Å²) in [6.07, 6.45) is 0. The minimum absolute atomic E-state index is 0.0331. The van der Waals surface area contributed by atoms with Crippen LogP contribution >= 0.6 is 11.6 Å². The van der Waals surface area contributed by atoms with Crippen molar-refractivity contribution in [1.82, 2.24) is 19.6 Å². The number of nitrogens with one attached hydrogen (secondary N) is 1. The molecule has 1 amide bonds. The minimum atomic E-state index is -1.12. The first-order valence-electron chi connectivity index (χ1n) is 9.99. The summed E-state index contributed by atoms with van der Waals surface area (Å²) in [4.78, 5) is 31.8. The number of carboxylic acid groups (broad SMARTS) is 1. The van der Waals surface area contributed by atoms with Crippen molar-refractivity contribution in [2.75, 3.05) is 19.6 Å². The third kappa shape index (κ3) is 3.32. The van der Waals surface area contributed by atoms with Crippen LogP contribution in [0.25, 0.3) is 16.4 Å². The Balaban J connectivity index is 2.08. The van der Waals surface area contributed by atoms with Gasteiger partial charge in [-0.1, -0.05) is 32.4 Å². The number of carboxylic acids is 1. The maximum Gasteiger partial charge on any atom is 0.356 e. The second-order valence-electron chi connectivity index (χ2n) is 8.83. The Morgan fingerprint density at radius 2 is 1.97 bits per heavy atom. The van der Waals surface area contributed by atoms with Crippen molar-refractivity contribution in [3.8, 4) is 0 Å². The van der Waals surface area contributed by atoms with Crippen molar-refractivity contribution in [3.63, 3.8) is 0 Å². The van der Waals surface area contributed by atoms with Gasteiger partial charge in [-0.05, 0) is 31.2 Å². The first-order chi connectivity index (χ1) is 14.1. The highest BCUT2D eigenvalue weighted by molar-refractivity contribution is 6.31. The van der Waals surface area contributed by atoms with E-state index in [1.807, 2.05) is 43.1 Å². The molecule has 1 aliphatic rings. The zero-order valence-corrected chi connectivity index (χ0v) is 18.2. The number of imidazole rings is 1. The number of benzene rings is 1. The van der Waals surface area contributed by atoms with Crippen LogP contribution in [0.5, 0.6) is 0 Å². The lowest BCUT2D eigenvalue weighted by Gasteiger charge is -2.34. The van der Waals surface area contributed by atoms with Crippen molar-refractivity contribution >= 4 is 39.9 Å². The molecule has 3 heterocycles. The summed E-state index contributed by atoms with van der Waals surface area (Å²) < 4.78 is 1.84. The Morgan fingerprint density at radius 1 is 1.23 bits per heavy atom. The van der Waals surface area contributed by atoms with E-state index in [2.05, 4.69) is 10.3 Å². The molecule has 0 spiro atoms. The second-order valence-corrected chi connectivity index (χ2v) is 9.27. The van der Waals surface area contributed by atoms with Crippen molar-refractivity contribution in [2.45, 2.75) is 39.2 Å². The molecule has 3 aromatic rings. The molecule has 1 fully saturated rings. The highest BCUT2D eigenvalue weighted by Crippen LogP contribution is 2.33. The van der Waals surface area contributed by atoms with Gasteiger partial charge in [0.05, 0.1) is 16.6 Å². The molecule has 2 N–H and O–H groups in total. The molecule has 8 heteroatoms. The van der Waals surface area contributed by atoms with E-state index < -0.39 is 11.4 Å². The summed E-state index contributed by atoms with van der Waals surface area (Å²) in [6, 6.07) is 7.03. The first-order valence-corrected chi connectivity index (χ1v) is 10.4. The summed E-state index contributed by atoms with van der Waals surface area (Å²) in [5, 5.41) is 14.3. The molecule has 0 radical (unpaired) electrons. The molecule has 1 aliphatic heterocycles. The number of rotatable bonds is 2. The maximum absolute atomic E-state index is 13.5. The number of aromatic carboxylic acids is 1. The quantitative estimate of drug-likeness (QED) is 0.651. The van der Waals surface area contributed by atoms with Gasteiger partial charge in [0.1, 0.15) is 5.82 Å². The lowest BCUT2D eigenvalue weighted by Crippen LogP contribution is -2.52. The van der Waals surface area contributed by atoms with E-state index in [0.29, 0.717) is 45.9 Å². The van der Waals surface area contributed by atoms with E-state index in [-0.39, 0.29) is 17.6 Å². The van der Waals surface area contributed by atoms with Gasteiger partial charge in [0.2, 0.25) is 0 Å². The normalized spacial score (nSPS) is 17.6. The van der Waals surface area contributed by atoms with E-state index >= 15 is 0 Å². The fourth-order valence-corrected chi connectivity index (χ4v) is 4.25. The number of aromatic nitrogens is 2. The van der Waals surface area contributed by atoms with E-state index in [0.717, 1.165) is 6.54 Å². The van der Waals surface area contributed by atoms with Crippen LogP contribution in [0, 0.1) is 0 Å². The third-order valence-electron chi connectivity index (χ3n) is 5.55. The van der Waals surface area contributed by atoms with Crippen LogP contribution < -0.4 is 5.32 Å². The molecule has 1 unspecified atom stereocenters. The Labute approximate surface area is 179 Å². The first kappa shape index (κ1) is 20.6. The van der Waals surface area contributed by atoms with Gasteiger partial charge in [-0.2, -0.15) is 0 Å². The van der Waals surface area contributed by atoms with Crippen molar-refractivity contribution in [1.29, 1.82) is 0 Å². The Kier molecular flexibility index (Phi) is 4.98. The van der Waals surface area contributed by atoms with Crippen LogP contribution in [-0.4, -0.2) is 56.9 Å². The molecule has 30 heavy (non-hydrogen) atoms. The molecule has 1 atom stereocenters. The summed E-state index contributed by atoms with van der Waals surface area (Å²) in [6.45, 7) is 9.97. The highest BCUT2D eigenvalue weighted by Gasteiger charge is 2.30. The number of amides is 1. The molecule has 0 aliphatic carbocycles. The second kappa shape index (κ2) is 7.25. The van der Waals surface area contributed by atoms with E-state index in [4.69, 9.17) is 11.6 Å². The number of carbonyl (C=O) groups is 2. The zero-order valence-electron chi connectivity index (χ0n) is 17.5. The number of carbonyl (C=O) groups excluding carboxylic acids is 1. The topological polar surface area (TPSA) is 86.9 Å². The molecule has 7 nitrogen and oxygen atoms in total. The number of piperazine rings is 1. The van der Waals surface area contributed by atoms with Gasteiger partial charge >= 0.3 is 5.97 Å². The zero-order chi connectivity index (χ0) is 21.8. The van der Waals surface area contributed by atoms with Gasteiger partial charge in [-0.3, -0.25) is 9.20 Å². The highest BCUT2D eigenvalue weighted by atomic mass is 35.5. The van der Waals surface area contributed by atoms with Crippen LogP contribution in [-0.2, 0) is 5.41 Å². The van der Waals surface area contributed by atoms with Crippen molar-refractivity contribution < 1.29 is 14.7 Å². The molecule has 0 saturated carbocycles. The molecule has 2 aromatic heterocycles. The van der Waals surface area contributed by atoms with Crippen LogP contribution in [0.3, 0.4) is 0 Å². The third-order valence-corrected chi connectivity index (χ3v) is 5.78. The van der Waals surface area contributed by atoms with Gasteiger partial charge < -0.3 is 15.3 Å². The predicted molar refractivity (Wildman–Crippen MR) is 117 cm³/mol. The van der Waals surface area contributed by atoms with Gasteiger partial charge in [0.15, 0.2) is 5.69 Å². The smallest absolute Gasteiger partial charge is 0.356 e. The Hall–Kier alpha value is -2.64. The fourth-order valence-electron chi connectivity index (χ4n) is 4.08. The molecule has 158 valence electrons. The lowest BCUT2D eigenvalue weighted by molar-refractivity contribution is 0.0654. The number of halogens is 1. The fraction of sp³-hybridized carbons (Fsp3) is 0.409. The van der Waals surface area contributed by atoms with E-state index in [1.54, 1.807) is 18.2 Å². The van der Waals surface area contributed by atoms with Gasteiger partial charge in [-0.15, -0.1) is 0 Å². The lowest BCUT2D eigenvalue weighted by atomic mass is 9.95. The average Bonchev–Trinajstić information content (AvgIpc) is 3.07. The number of hydrogen-bond donors (Lipinski definition) is 2. The standard InChI is InChI=1S/C22H25ClN4O3/c1-12-11-24-7-8-26(12)19(28)15-10-17-18(20(29)30)25-21(22(2,3)4)27(17)16-6-5-13(23)9-14(15)16/h5-6,9-10,12,24H,7-8,11H2,1-4H3,(H,29,30). The SMILES string of the molecule is CC1CNCCN1C(=O)c1cc2c(C(=O)O)nc(C(C)(C)C)n2c2ccc(Cl)cc12. The van der Waals surface area contributed by atoms with Crippen LogP contribution in [0.15, 0.2) is 24.3 Å². The Morgan fingerprint density at radius 3 is 2.60 bits per heavy atom. The average molecular weight is 429 g/mol. The summed E-state index contributed by atoms with van der Waals surface area (Å²) in [5.74, 6) is -0.629. The summed E-state index contributed by atoms with van der Waals surface area (Å²) in [7, 11) is 0. The molecule has 0 bridgehead atoms. The summed E-state index contributed by atoms with van der Waals surface area (Å²) >= 11 is 6.29. The molecular formula is C22H25ClN4O3. The van der Waals surface area contributed by atoms with Crippen molar-refractivity contribution in [3.05, 3.63) is 46.4 Å². The molecular weight excluding hydrogens is 404 g/mol. The maximum atomic E-state index is 13.5. The minimum Gasteiger partial charge on any atom is -0.476 e. The van der Waals surface area contributed by atoms with Gasteiger partial charge in [0.25, 0.3) is 5.91 Å². The predicted octanol–water partition coefficient (Wildman–Crippen LogP) is 3.57. The van der Waals surface area contributed by atoms with E-state index in [9.17, 15) is 14.7 Å². The van der Waals surface area contributed by atoms with Gasteiger partial charge in [0, 0.05) is 41.5 Å². The number of hydrogen-bond acceptors (Lipinski definition) is 4. The van der Waals surface area contributed by atoms with Crippen LogP contribution in [0.1, 0.15) is 54.4 Å². The number of fused-ring (bicyclic) bond motifs is 3. The van der Waals surface area contributed by atoms with Crippen LogP contribution in [0.2, 0.25) is 5.02 Å². The molecule has 1 saturated heterocycles. The molecule has 4 rings (SSSR count). The Bertz CT molecular complexity index is 1180. The number of nitrogens with zero attached hydrogens (tertiary/aromatic N) is 3. The van der Waals surface area contributed by atoms with Crippen LogP contribution in [0.4, 0.5) is 0 Å². The van der Waals surface area contributed by atoms with E-state index in [1.165, 1.54) is 0 Å². The van der Waals surface area contributed by atoms with Gasteiger partial charge in [-0.25, -0.2) is 9.78 Å². The summed E-state index contributed by atoms with van der Waals surface area (Å²) in [5.41, 5.74) is 1.11. The number of pyridine rings is 1. The molecule has 1 aromatic carbocycles. The monoisotopic (exact) mass is 428 g/mol.